The van der Waals surface area contributed by atoms with E-state index in [-0.39, 0.29) is 6.79 Å². The highest BCUT2D eigenvalue weighted by Crippen LogP contribution is 2.15. The van der Waals surface area contributed by atoms with Crippen LogP contribution in [-0.2, 0) is 29.3 Å². The molecule has 6 heteroatoms. The Morgan fingerprint density at radius 1 is 1.08 bits per heavy atom. The Kier molecular flexibility index (Phi) is 3.39. The van der Waals surface area contributed by atoms with Gasteiger partial charge in [0.15, 0.2) is 0 Å². The van der Waals surface area contributed by atoms with Crippen molar-refractivity contribution in [3.05, 3.63) is 0 Å². The van der Waals surface area contributed by atoms with E-state index in [0.717, 1.165) is 0 Å². The van der Waals surface area contributed by atoms with E-state index in [4.69, 9.17) is 14.7 Å². The lowest BCUT2D eigenvalue weighted by Gasteiger charge is -2.20. The summed E-state index contributed by atoms with van der Waals surface area (Å²) in [6.45, 7) is 4.73. The average Bonchev–Trinajstić information content (AvgIpc) is 2.05. The van der Waals surface area contributed by atoms with Crippen LogP contribution in [0.3, 0.4) is 0 Å². The molecule has 12 heavy (non-hydrogen) atoms. The molecule has 0 amide bonds. The lowest BCUT2D eigenvalue weighted by molar-refractivity contribution is -0.511. The topological polar surface area (TPSA) is 55.4 Å². The quantitative estimate of drug-likeness (QED) is 0.516. The molecule has 0 N–H and O–H groups in total. The third-order valence-corrected chi connectivity index (χ3v) is 0.944. The van der Waals surface area contributed by atoms with Crippen molar-refractivity contribution in [2.45, 2.75) is 32.8 Å². The van der Waals surface area contributed by atoms with Crippen LogP contribution in [0.4, 0.5) is 0 Å². The Morgan fingerprint density at radius 3 is 2.58 bits per heavy atom. The zero-order valence-corrected chi connectivity index (χ0v) is 7.23. The molecule has 1 saturated heterocycles. The molecule has 72 valence electrons. The molecule has 0 saturated carbocycles. The molecule has 1 unspecified atom stereocenters. The van der Waals surface area contributed by atoms with Crippen LogP contribution in [0.5, 0.6) is 0 Å². The van der Waals surface area contributed by atoms with Gasteiger partial charge in [-0.3, -0.25) is 0 Å². The van der Waals surface area contributed by atoms with E-state index in [9.17, 15) is 0 Å². The minimum Gasteiger partial charge on any atom is -0.202 e. The third kappa shape index (κ3) is 3.44. The molecule has 1 aliphatic heterocycles. The van der Waals surface area contributed by atoms with Crippen LogP contribution in [0.25, 0.3) is 0 Å². The first-order valence-electron chi connectivity index (χ1n) is 3.53. The Hall–Kier alpha value is -0.240. The molecule has 0 spiro atoms. The van der Waals surface area contributed by atoms with Crippen LogP contribution in [-0.4, -0.2) is 18.9 Å². The maximum absolute atomic E-state index is 4.81. The molecule has 6 nitrogen and oxygen atoms in total. The Balaban J connectivity index is 2.40. The maximum Gasteiger partial charge on any atom is 0.228 e. The van der Waals surface area contributed by atoms with Gasteiger partial charge < -0.3 is 0 Å². The molecule has 1 heterocycles. The molecule has 1 atom stereocenters. The van der Waals surface area contributed by atoms with Gasteiger partial charge in [-0.05, 0) is 20.8 Å². The summed E-state index contributed by atoms with van der Waals surface area (Å²) in [7, 11) is 0. The minimum absolute atomic E-state index is 0.138. The normalized spacial score (nSPS) is 31.8. The van der Waals surface area contributed by atoms with Gasteiger partial charge in [-0.25, -0.2) is 9.78 Å². The van der Waals surface area contributed by atoms with Gasteiger partial charge in [0.25, 0.3) is 0 Å². The van der Waals surface area contributed by atoms with E-state index in [1.54, 1.807) is 20.8 Å². The molecular formula is C6H12O6. The molecule has 0 radical (unpaired) electrons. The number of hydrogen-bond donors (Lipinski definition) is 0. The second-order valence-electron chi connectivity index (χ2n) is 2.68. The molecule has 1 aliphatic rings. The van der Waals surface area contributed by atoms with E-state index in [2.05, 4.69) is 14.7 Å². The smallest absolute Gasteiger partial charge is 0.202 e. The fraction of sp³-hybridized carbons (Fsp3) is 1.00. The maximum atomic E-state index is 4.81. The molecule has 0 aromatic carbocycles. The van der Waals surface area contributed by atoms with Crippen molar-refractivity contribution in [2.75, 3.05) is 6.79 Å². The first-order chi connectivity index (χ1) is 5.60. The van der Waals surface area contributed by atoms with Crippen molar-refractivity contribution < 1.29 is 29.3 Å². The SMILES string of the molecule is CC1OOCOOC(C)(C)OO1. The van der Waals surface area contributed by atoms with Crippen molar-refractivity contribution in [3.63, 3.8) is 0 Å². The van der Waals surface area contributed by atoms with E-state index >= 15 is 0 Å². The molecule has 0 bridgehead atoms. The van der Waals surface area contributed by atoms with Gasteiger partial charge in [-0.1, -0.05) is 0 Å². The minimum atomic E-state index is -0.981. The van der Waals surface area contributed by atoms with Gasteiger partial charge in [0.2, 0.25) is 18.9 Å². The van der Waals surface area contributed by atoms with Crippen molar-refractivity contribution >= 4 is 0 Å². The first kappa shape index (κ1) is 9.85. The van der Waals surface area contributed by atoms with Crippen LogP contribution in [0.2, 0.25) is 0 Å². The highest BCUT2D eigenvalue weighted by Gasteiger charge is 2.25. The molecule has 0 aromatic heterocycles. The lowest BCUT2D eigenvalue weighted by atomic mass is 10.4. The number of hydrogen-bond acceptors (Lipinski definition) is 6. The summed E-state index contributed by atoms with van der Waals surface area (Å²) in [4.78, 5) is 28.0. The van der Waals surface area contributed by atoms with Gasteiger partial charge >= 0.3 is 0 Å². The van der Waals surface area contributed by atoms with Crippen LogP contribution in [0.1, 0.15) is 20.8 Å². The Labute approximate surface area is 70.0 Å². The number of rotatable bonds is 0. The van der Waals surface area contributed by atoms with Crippen molar-refractivity contribution in [3.8, 4) is 0 Å². The summed E-state index contributed by atoms with van der Waals surface area (Å²) >= 11 is 0. The van der Waals surface area contributed by atoms with E-state index < -0.39 is 12.1 Å². The van der Waals surface area contributed by atoms with E-state index in [1.807, 2.05) is 0 Å². The molecule has 1 rings (SSSR count). The first-order valence-corrected chi connectivity index (χ1v) is 3.53. The monoisotopic (exact) mass is 180 g/mol. The van der Waals surface area contributed by atoms with Crippen molar-refractivity contribution in [2.24, 2.45) is 0 Å². The Morgan fingerprint density at radius 2 is 1.83 bits per heavy atom. The van der Waals surface area contributed by atoms with Gasteiger partial charge in [-0.2, -0.15) is 19.6 Å². The summed E-state index contributed by atoms with van der Waals surface area (Å²) in [5.74, 6) is -0.981. The van der Waals surface area contributed by atoms with E-state index in [0.29, 0.717) is 0 Å². The summed E-state index contributed by atoms with van der Waals surface area (Å²) in [6.07, 6.45) is -0.630. The fourth-order valence-corrected chi connectivity index (χ4v) is 0.523. The summed E-state index contributed by atoms with van der Waals surface area (Å²) in [6, 6.07) is 0. The van der Waals surface area contributed by atoms with Crippen LogP contribution >= 0.6 is 0 Å². The molecule has 1 fully saturated rings. The Bertz CT molecular complexity index is 136. The van der Waals surface area contributed by atoms with Crippen LogP contribution in [0, 0.1) is 0 Å². The third-order valence-electron chi connectivity index (χ3n) is 0.944. The summed E-state index contributed by atoms with van der Waals surface area (Å²) in [5, 5.41) is 0. The molecular weight excluding hydrogens is 168 g/mol. The van der Waals surface area contributed by atoms with Crippen molar-refractivity contribution in [1.29, 1.82) is 0 Å². The standard InChI is InChI=1S/C6H12O6/c1-5-9-7-4-8-11-6(2,3)12-10-5/h5H,4H2,1-3H3. The van der Waals surface area contributed by atoms with Gasteiger partial charge in [0.1, 0.15) is 0 Å². The predicted octanol–water partition coefficient (Wildman–Crippen LogP) is 0.884. The van der Waals surface area contributed by atoms with Crippen molar-refractivity contribution in [1.82, 2.24) is 0 Å². The van der Waals surface area contributed by atoms with Gasteiger partial charge in [-0.15, -0.1) is 0 Å². The average molecular weight is 180 g/mol. The molecule has 0 aliphatic carbocycles. The molecule has 0 aromatic rings. The zero-order valence-electron chi connectivity index (χ0n) is 7.23. The highest BCUT2D eigenvalue weighted by atomic mass is 17.4. The van der Waals surface area contributed by atoms with E-state index in [1.165, 1.54) is 0 Å². The summed E-state index contributed by atoms with van der Waals surface area (Å²) in [5.41, 5.74) is 0. The summed E-state index contributed by atoms with van der Waals surface area (Å²) < 4.78 is 0. The van der Waals surface area contributed by atoms with Gasteiger partial charge in [0.05, 0.1) is 0 Å². The second-order valence-corrected chi connectivity index (χ2v) is 2.68. The van der Waals surface area contributed by atoms with Crippen LogP contribution in [0.15, 0.2) is 0 Å². The zero-order chi connectivity index (χ0) is 9.03. The van der Waals surface area contributed by atoms with Crippen LogP contribution < -0.4 is 0 Å². The predicted molar refractivity (Wildman–Crippen MR) is 34.9 cm³/mol. The lowest BCUT2D eigenvalue weighted by Crippen LogP contribution is -2.29. The van der Waals surface area contributed by atoms with Gasteiger partial charge in [0, 0.05) is 0 Å². The highest BCUT2D eigenvalue weighted by molar-refractivity contribution is 4.45. The second kappa shape index (κ2) is 4.13. The largest absolute Gasteiger partial charge is 0.228 e. The fourth-order valence-electron chi connectivity index (χ4n) is 0.523.